The molecule has 1 atom stereocenters. The van der Waals surface area contributed by atoms with Crippen molar-refractivity contribution in [3.8, 4) is 0 Å². The zero-order valence-corrected chi connectivity index (χ0v) is 10.6. The van der Waals surface area contributed by atoms with Crippen LogP contribution in [0.3, 0.4) is 0 Å². The highest BCUT2D eigenvalue weighted by atomic mass is 16.4. The molecule has 0 aromatic heterocycles. The summed E-state index contributed by atoms with van der Waals surface area (Å²) >= 11 is 0. The van der Waals surface area contributed by atoms with Crippen LogP contribution in [0.15, 0.2) is 11.6 Å². The highest BCUT2D eigenvalue weighted by molar-refractivity contribution is 5.76. The molecule has 2 amide bonds. The highest BCUT2D eigenvalue weighted by Gasteiger charge is 2.22. The molecular weight excluding hydrogens is 220 g/mol. The van der Waals surface area contributed by atoms with Crippen LogP contribution < -0.4 is 0 Å². The Kier molecular flexibility index (Phi) is 4.54. The third kappa shape index (κ3) is 3.76. The number of carbonyl (C=O) groups is 2. The van der Waals surface area contributed by atoms with Crippen LogP contribution in [0.25, 0.3) is 0 Å². The van der Waals surface area contributed by atoms with E-state index in [1.54, 1.807) is 18.9 Å². The van der Waals surface area contributed by atoms with Crippen molar-refractivity contribution in [1.82, 2.24) is 9.80 Å². The van der Waals surface area contributed by atoms with Gasteiger partial charge in [-0.2, -0.15) is 0 Å². The molecule has 0 fully saturated rings. The Bertz CT molecular complexity index is 339. The fourth-order valence-electron chi connectivity index (χ4n) is 1.88. The van der Waals surface area contributed by atoms with Gasteiger partial charge in [0, 0.05) is 26.7 Å². The lowest BCUT2D eigenvalue weighted by Crippen LogP contribution is -2.45. The predicted molar refractivity (Wildman–Crippen MR) is 64.8 cm³/mol. The maximum Gasteiger partial charge on any atom is 0.320 e. The van der Waals surface area contributed by atoms with Crippen LogP contribution in [0.5, 0.6) is 0 Å². The van der Waals surface area contributed by atoms with Crippen molar-refractivity contribution < 1.29 is 14.7 Å². The van der Waals surface area contributed by atoms with E-state index in [4.69, 9.17) is 5.11 Å². The highest BCUT2D eigenvalue weighted by Crippen LogP contribution is 2.11. The van der Waals surface area contributed by atoms with Crippen molar-refractivity contribution in [2.75, 3.05) is 26.7 Å². The van der Waals surface area contributed by atoms with Crippen molar-refractivity contribution in [2.45, 2.75) is 20.3 Å². The molecule has 5 nitrogen and oxygen atoms in total. The van der Waals surface area contributed by atoms with Gasteiger partial charge in [-0.25, -0.2) is 4.79 Å². The van der Waals surface area contributed by atoms with E-state index in [2.05, 4.69) is 6.08 Å². The first-order valence-electron chi connectivity index (χ1n) is 5.80. The van der Waals surface area contributed by atoms with Crippen LogP contribution in [0.1, 0.15) is 20.3 Å². The average molecular weight is 240 g/mol. The lowest BCUT2D eigenvalue weighted by Gasteiger charge is -2.31. The molecule has 1 N–H and O–H groups in total. The minimum Gasteiger partial charge on any atom is -0.481 e. The summed E-state index contributed by atoms with van der Waals surface area (Å²) in [6.45, 7) is 5.20. The minimum absolute atomic E-state index is 0.0921. The summed E-state index contributed by atoms with van der Waals surface area (Å²) in [6.07, 6.45) is 3.00. The molecule has 1 rings (SSSR count). The molecule has 0 saturated carbocycles. The fraction of sp³-hybridized carbons (Fsp3) is 0.667. The number of carbonyl (C=O) groups excluding carboxylic acids is 1. The minimum atomic E-state index is -0.876. The van der Waals surface area contributed by atoms with Gasteiger partial charge in [0.2, 0.25) is 0 Å². The molecule has 1 aliphatic rings. The van der Waals surface area contributed by atoms with Gasteiger partial charge in [0.15, 0.2) is 0 Å². The second-order valence-electron chi connectivity index (χ2n) is 4.66. The molecule has 17 heavy (non-hydrogen) atoms. The van der Waals surface area contributed by atoms with Crippen molar-refractivity contribution in [3.05, 3.63) is 11.6 Å². The molecule has 0 spiro atoms. The standard InChI is InChI=1S/C12H20N2O3/c1-9-5-4-6-14(7-9)12(17)13(3)8-10(2)11(15)16/h5,10H,4,6-8H2,1-3H3,(H,15,16). The zero-order chi connectivity index (χ0) is 13.0. The van der Waals surface area contributed by atoms with Gasteiger partial charge in [-0.05, 0) is 13.3 Å². The molecule has 0 aromatic rings. The fourth-order valence-corrected chi connectivity index (χ4v) is 1.88. The van der Waals surface area contributed by atoms with Gasteiger partial charge in [0.25, 0.3) is 0 Å². The van der Waals surface area contributed by atoms with Gasteiger partial charge in [0.05, 0.1) is 5.92 Å². The van der Waals surface area contributed by atoms with Crippen LogP contribution in [-0.2, 0) is 4.79 Å². The van der Waals surface area contributed by atoms with E-state index in [1.807, 2.05) is 6.92 Å². The van der Waals surface area contributed by atoms with Crippen molar-refractivity contribution in [3.63, 3.8) is 0 Å². The van der Waals surface area contributed by atoms with E-state index in [0.29, 0.717) is 13.1 Å². The molecule has 1 unspecified atom stereocenters. The van der Waals surface area contributed by atoms with Crippen LogP contribution >= 0.6 is 0 Å². The number of hydrogen-bond acceptors (Lipinski definition) is 2. The van der Waals surface area contributed by atoms with E-state index in [0.717, 1.165) is 6.42 Å². The van der Waals surface area contributed by atoms with Gasteiger partial charge in [-0.15, -0.1) is 0 Å². The number of aliphatic carboxylic acids is 1. The topological polar surface area (TPSA) is 60.9 Å². The summed E-state index contributed by atoms with van der Waals surface area (Å²) in [5, 5.41) is 8.80. The number of carboxylic acids is 1. The van der Waals surface area contributed by atoms with Gasteiger partial charge in [-0.3, -0.25) is 4.79 Å². The van der Waals surface area contributed by atoms with Gasteiger partial charge in [0.1, 0.15) is 0 Å². The molecule has 5 heteroatoms. The van der Waals surface area contributed by atoms with Crippen molar-refractivity contribution in [2.24, 2.45) is 5.92 Å². The third-order valence-electron chi connectivity index (χ3n) is 2.90. The maximum atomic E-state index is 12.0. The Balaban J connectivity index is 2.52. The number of rotatable bonds is 3. The number of amides is 2. The maximum absolute atomic E-state index is 12.0. The second kappa shape index (κ2) is 5.70. The van der Waals surface area contributed by atoms with E-state index >= 15 is 0 Å². The third-order valence-corrected chi connectivity index (χ3v) is 2.90. The molecule has 0 saturated heterocycles. The Morgan fingerprint density at radius 3 is 2.76 bits per heavy atom. The summed E-state index contributed by atoms with van der Waals surface area (Å²) in [7, 11) is 1.65. The summed E-state index contributed by atoms with van der Waals surface area (Å²) in [6, 6.07) is -0.0921. The van der Waals surface area contributed by atoms with E-state index < -0.39 is 11.9 Å². The number of urea groups is 1. The zero-order valence-electron chi connectivity index (χ0n) is 10.6. The Morgan fingerprint density at radius 1 is 1.59 bits per heavy atom. The summed E-state index contributed by atoms with van der Waals surface area (Å²) in [5.41, 5.74) is 1.18. The van der Waals surface area contributed by atoms with Crippen LogP contribution in [0.2, 0.25) is 0 Å². The average Bonchev–Trinajstić information content (AvgIpc) is 2.27. The van der Waals surface area contributed by atoms with Gasteiger partial charge in [-0.1, -0.05) is 18.6 Å². The molecule has 0 aliphatic carbocycles. The van der Waals surface area contributed by atoms with Crippen LogP contribution in [0.4, 0.5) is 4.79 Å². The first kappa shape index (κ1) is 13.5. The molecular formula is C12H20N2O3. The normalized spacial score (nSPS) is 17.4. The summed E-state index contributed by atoms with van der Waals surface area (Å²) in [5.74, 6) is -1.41. The van der Waals surface area contributed by atoms with Crippen LogP contribution in [0, 0.1) is 5.92 Å². The van der Waals surface area contributed by atoms with E-state index in [-0.39, 0.29) is 12.6 Å². The monoisotopic (exact) mass is 240 g/mol. The predicted octanol–water partition coefficient (Wildman–Crippen LogP) is 1.41. The largest absolute Gasteiger partial charge is 0.481 e. The first-order valence-corrected chi connectivity index (χ1v) is 5.80. The lowest BCUT2D eigenvalue weighted by molar-refractivity contribution is -0.141. The van der Waals surface area contributed by atoms with Crippen LogP contribution in [-0.4, -0.2) is 53.6 Å². The first-order chi connectivity index (χ1) is 7.91. The van der Waals surface area contributed by atoms with Crippen molar-refractivity contribution >= 4 is 12.0 Å². The number of hydrogen-bond donors (Lipinski definition) is 1. The van der Waals surface area contributed by atoms with Gasteiger partial charge >= 0.3 is 12.0 Å². The molecule has 0 radical (unpaired) electrons. The lowest BCUT2D eigenvalue weighted by atomic mass is 10.1. The quantitative estimate of drug-likeness (QED) is 0.759. The van der Waals surface area contributed by atoms with Crippen molar-refractivity contribution in [1.29, 1.82) is 0 Å². The molecule has 1 aliphatic heterocycles. The summed E-state index contributed by atoms with van der Waals surface area (Å²) < 4.78 is 0. The second-order valence-corrected chi connectivity index (χ2v) is 4.66. The van der Waals surface area contributed by atoms with Gasteiger partial charge < -0.3 is 14.9 Å². The number of nitrogens with zero attached hydrogens (tertiary/aromatic N) is 2. The molecule has 96 valence electrons. The SMILES string of the molecule is CC1=CCCN(C(=O)N(C)CC(C)C(=O)O)C1. The summed E-state index contributed by atoms with van der Waals surface area (Å²) in [4.78, 5) is 26.0. The molecule has 0 aromatic carbocycles. The molecule has 0 bridgehead atoms. The smallest absolute Gasteiger partial charge is 0.320 e. The Morgan fingerprint density at radius 2 is 2.24 bits per heavy atom. The molecule has 1 heterocycles. The Labute approximate surface area is 102 Å². The van der Waals surface area contributed by atoms with E-state index in [1.165, 1.54) is 10.5 Å². The Hall–Kier alpha value is -1.52. The van der Waals surface area contributed by atoms with E-state index in [9.17, 15) is 9.59 Å². The number of carboxylic acid groups (broad SMARTS) is 1.